The van der Waals surface area contributed by atoms with Crippen LogP contribution in [-0.4, -0.2) is 26.1 Å². The van der Waals surface area contributed by atoms with Crippen LogP contribution >= 0.6 is 0 Å². The lowest BCUT2D eigenvalue weighted by atomic mass is 9.90. The van der Waals surface area contributed by atoms with Crippen molar-refractivity contribution in [3.8, 4) is 0 Å². The second-order valence-corrected chi connectivity index (χ2v) is 6.22. The molecule has 0 radical (unpaired) electrons. The summed E-state index contributed by atoms with van der Waals surface area (Å²) >= 11 is 0. The number of hydrogen-bond donors (Lipinski definition) is 2. The molecule has 3 N–H and O–H groups in total. The molecule has 0 aromatic heterocycles. The summed E-state index contributed by atoms with van der Waals surface area (Å²) < 4.78 is 5.66. The van der Waals surface area contributed by atoms with Crippen molar-refractivity contribution >= 4 is 16.7 Å². The van der Waals surface area contributed by atoms with Crippen LogP contribution in [0.3, 0.4) is 0 Å². The van der Waals surface area contributed by atoms with E-state index in [0.717, 1.165) is 48.6 Å². The monoisotopic (exact) mass is 328 g/mol. The van der Waals surface area contributed by atoms with Crippen LogP contribution in [0.4, 0.5) is 0 Å². The minimum absolute atomic E-state index is 0.0971. The van der Waals surface area contributed by atoms with Gasteiger partial charge in [-0.25, -0.2) is 0 Å². The molecule has 0 saturated heterocycles. The van der Waals surface area contributed by atoms with Gasteiger partial charge in [-0.2, -0.15) is 0 Å². The minimum Gasteiger partial charge on any atom is -0.364 e. The summed E-state index contributed by atoms with van der Waals surface area (Å²) in [5, 5.41) is 5.17. The Bertz CT molecular complexity index is 666. The molecule has 0 spiro atoms. The maximum Gasteiger partial charge on any atom is 0.256 e. The summed E-state index contributed by atoms with van der Waals surface area (Å²) in [6.45, 7) is 3.22. The molecule has 0 saturated carbocycles. The maximum atomic E-state index is 12.8. The topological polar surface area (TPSA) is 64.3 Å². The molecule has 0 aliphatic heterocycles. The van der Waals surface area contributed by atoms with Crippen LogP contribution in [0, 0.1) is 0 Å². The Morgan fingerprint density at radius 2 is 1.79 bits per heavy atom. The molecule has 1 amide bonds. The third-order valence-electron chi connectivity index (χ3n) is 4.56. The lowest BCUT2D eigenvalue weighted by Gasteiger charge is -2.28. The molecule has 24 heavy (non-hydrogen) atoms. The number of hydrogen-bond acceptors (Lipinski definition) is 3. The fourth-order valence-corrected chi connectivity index (χ4v) is 2.96. The Morgan fingerprint density at radius 3 is 2.54 bits per heavy atom. The largest absolute Gasteiger partial charge is 0.364 e. The van der Waals surface area contributed by atoms with Crippen LogP contribution in [0.1, 0.15) is 38.2 Å². The number of amides is 1. The van der Waals surface area contributed by atoms with E-state index in [1.165, 1.54) is 0 Å². The Hall–Kier alpha value is -1.91. The minimum atomic E-state index is -1.00. The summed E-state index contributed by atoms with van der Waals surface area (Å²) in [6.07, 6.45) is 4.19. The SMILES string of the molecule is COC(C)(C(=O)NCCCCCCN)c1cccc2ccccc12. The lowest BCUT2D eigenvalue weighted by molar-refractivity contribution is -0.142. The van der Waals surface area contributed by atoms with Gasteiger partial charge in [0.15, 0.2) is 5.60 Å². The Kier molecular flexibility index (Phi) is 6.76. The molecule has 1 unspecified atom stereocenters. The molecule has 0 heterocycles. The van der Waals surface area contributed by atoms with E-state index >= 15 is 0 Å². The van der Waals surface area contributed by atoms with Gasteiger partial charge in [0.2, 0.25) is 0 Å². The van der Waals surface area contributed by atoms with Crippen LogP contribution in [-0.2, 0) is 15.1 Å². The Balaban J connectivity index is 2.10. The van der Waals surface area contributed by atoms with E-state index in [2.05, 4.69) is 5.32 Å². The number of carbonyl (C=O) groups excluding carboxylic acids is 1. The third-order valence-corrected chi connectivity index (χ3v) is 4.56. The number of nitrogens with two attached hydrogens (primary N) is 1. The first-order valence-corrected chi connectivity index (χ1v) is 8.65. The van der Waals surface area contributed by atoms with E-state index in [0.29, 0.717) is 6.54 Å². The van der Waals surface area contributed by atoms with Gasteiger partial charge in [-0.05, 0) is 37.1 Å². The number of fused-ring (bicyclic) bond motifs is 1. The first kappa shape index (κ1) is 18.4. The van der Waals surface area contributed by atoms with Gasteiger partial charge in [0, 0.05) is 19.2 Å². The Morgan fingerprint density at radius 1 is 1.08 bits per heavy atom. The van der Waals surface area contributed by atoms with Crippen LogP contribution in [0.15, 0.2) is 42.5 Å². The van der Waals surface area contributed by atoms with Gasteiger partial charge in [0.05, 0.1) is 0 Å². The van der Waals surface area contributed by atoms with Gasteiger partial charge in [-0.1, -0.05) is 55.3 Å². The van der Waals surface area contributed by atoms with E-state index in [-0.39, 0.29) is 5.91 Å². The number of unbranched alkanes of at least 4 members (excludes halogenated alkanes) is 3. The van der Waals surface area contributed by atoms with Crippen LogP contribution in [0.5, 0.6) is 0 Å². The van der Waals surface area contributed by atoms with Crippen molar-refractivity contribution in [2.24, 2.45) is 5.73 Å². The lowest BCUT2D eigenvalue weighted by Crippen LogP contribution is -2.44. The highest BCUT2D eigenvalue weighted by Crippen LogP contribution is 2.31. The molecular weight excluding hydrogens is 300 g/mol. The Labute approximate surface area is 144 Å². The van der Waals surface area contributed by atoms with Crippen molar-refractivity contribution in [1.29, 1.82) is 0 Å². The first-order chi connectivity index (χ1) is 11.6. The van der Waals surface area contributed by atoms with Crippen molar-refractivity contribution in [3.05, 3.63) is 48.0 Å². The summed E-state index contributed by atoms with van der Waals surface area (Å²) in [4.78, 5) is 12.8. The van der Waals surface area contributed by atoms with E-state index < -0.39 is 5.60 Å². The zero-order valence-electron chi connectivity index (χ0n) is 14.7. The van der Waals surface area contributed by atoms with Crippen LogP contribution < -0.4 is 11.1 Å². The second-order valence-electron chi connectivity index (χ2n) is 6.22. The average Bonchev–Trinajstić information content (AvgIpc) is 2.63. The molecule has 4 heteroatoms. The number of benzene rings is 2. The molecular formula is C20H28N2O2. The zero-order chi connectivity index (χ0) is 17.4. The molecule has 0 aliphatic rings. The van der Waals surface area contributed by atoms with Crippen molar-refractivity contribution in [2.45, 2.75) is 38.2 Å². The fraction of sp³-hybridized carbons (Fsp3) is 0.450. The summed E-state index contributed by atoms with van der Waals surface area (Å²) in [5.74, 6) is -0.0971. The van der Waals surface area contributed by atoms with E-state index in [4.69, 9.17) is 10.5 Å². The van der Waals surface area contributed by atoms with E-state index in [1.807, 2.05) is 49.4 Å². The molecule has 0 aliphatic carbocycles. The van der Waals surface area contributed by atoms with Crippen molar-refractivity contribution in [3.63, 3.8) is 0 Å². The zero-order valence-corrected chi connectivity index (χ0v) is 14.7. The van der Waals surface area contributed by atoms with Gasteiger partial charge in [0.1, 0.15) is 0 Å². The molecule has 2 rings (SSSR count). The van der Waals surface area contributed by atoms with Crippen molar-refractivity contribution in [1.82, 2.24) is 5.32 Å². The molecule has 4 nitrogen and oxygen atoms in total. The summed E-state index contributed by atoms with van der Waals surface area (Å²) in [7, 11) is 1.59. The van der Waals surface area contributed by atoms with Crippen molar-refractivity contribution in [2.75, 3.05) is 20.2 Å². The fourth-order valence-electron chi connectivity index (χ4n) is 2.96. The van der Waals surface area contributed by atoms with Gasteiger partial charge in [-0.15, -0.1) is 0 Å². The second kappa shape index (κ2) is 8.81. The molecule has 2 aromatic rings. The highest BCUT2D eigenvalue weighted by atomic mass is 16.5. The standard InChI is InChI=1S/C20H28N2O2/c1-20(24-2,19(23)22-15-8-4-3-7-14-21)18-13-9-11-16-10-5-6-12-17(16)18/h5-6,9-13H,3-4,7-8,14-15,21H2,1-2H3,(H,22,23). The average molecular weight is 328 g/mol. The molecule has 1 atom stereocenters. The predicted molar refractivity (Wildman–Crippen MR) is 98.8 cm³/mol. The van der Waals surface area contributed by atoms with E-state index in [1.54, 1.807) is 7.11 Å². The number of ether oxygens (including phenoxy) is 1. The highest BCUT2D eigenvalue weighted by molar-refractivity contribution is 5.94. The third kappa shape index (κ3) is 4.13. The maximum absolute atomic E-state index is 12.8. The highest BCUT2D eigenvalue weighted by Gasteiger charge is 2.36. The number of rotatable bonds is 9. The molecule has 0 fully saturated rings. The summed E-state index contributed by atoms with van der Waals surface area (Å²) in [5.41, 5.74) is 5.38. The normalized spacial score (nSPS) is 13.6. The number of carbonyl (C=O) groups is 1. The van der Waals surface area contributed by atoms with Gasteiger partial charge in [0.25, 0.3) is 5.91 Å². The van der Waals surface area contributed by atoms with E-state index in [9.17, 15) is 4.79 Å². The first-order valence-electron chi connectivity index (χ1n) is 8.65. The van der Waals surface area contributed by atoms with Gasteiger partial charge >= 0.3 is 0 Å². The predicted octanol–water partition coefficient (Wildman–Crippen LogP) is 3.34. The van der Waals surface area contributed by atoms with Crippen LogP contribution in [0.2, 0.25) is 0 Å². The van der Waals surface area contributed by atoms with Crippen molar-refractivity contribution < 1.29 is 9.53 Å². The number of nitrogens with one attached hydrogen (secondary N) is 1. The summed E-state index contributed by atoms with van der Waals surface area (Å²) in [6, 6.07) is 14.0. The van der Waals surface area contributed by atoms with Gasteiger partial charge in [-0.3, -0.25) is 4.79 Å². The molecule has 130 valence electrons. The smallest absolute Gasteiger partial charge is 0.256 e. The van der Waals surface area contributed by atoms with Gasteiger partial charge < -0.3 is 15.8 Å². The molecule has 0 bridgehead atoms. The number of methoxy groups -OCH3 is 1. The van der Waals surface area contributed by atoms with Crippen LogP contribution in [0.25, 0.3) is 10.8 Å². The molecule has 2 aromatic carbocycles. The quantitative estimate of drug-likeness (QED) is 0.694.